The van der Waals surface area contributed by atoms with Crippen molar-refractivity contribution in [1.29, 1.82) is 0 Å². The summed E-state index contributed by atoms with van der Waals surface area (Å²) in [5.74, 6) is -0.000540. The minimum Gasteiger partial charge on any atom is -0.472 e. The Kier molecular flexibility index (Phi) is 5.06. The number of rotatable bonds is 4. The second kappa shape index (κ2) is 7.48. The number of hydrogen-bond donors (Lipinski definition) is 1. The summed E-state index contributed by atoms with van der Waals surface area (Å²) in [5.41, 5.74) is 1.44. The third-order valence-corrected chi connectivity index (χ3v) is 6.72. The van der Waals surface area contributed by atoms with Crippen LogP contribution in [-0.4, -0.2) is 43.0 Å². The van der Waals surface area contributed by atoms with Crippen LogP contribution in [0.5, 0.6) is 0 Å². The van der Waals surface area contributed by atoms with Crippen molar-refractivity contribution in [3.63, 3.8) is 0 Å². The standard InChI is InChI=1S/C20H24N2O4S/c1-2-7-21-18(23)16-12-14-4-11-26-20(17(14)27-16)5-8-22(9-6-20)19(24)15-3-10-25-13-15/h3,10,12-13H,2,4-9,11H2,1H3,(H,21,23). The van der Waals surface area contributed by atoms with Crippen LogP contribution < -0.4 is 5.32 Å². The minimum atomic E-state index is -0.366. The number of carbonyl (C=O) groups is 2. The van der Waals surface area contributed by atoms with E-state index in [0.717, 1.165) is 30.6 Å². The van der Waals surface area contributed by atoms with Crippen LogP contribution in [0, 0.1) is 0 Å². The monoisotopic (exact) mass is 388 g/mol. The highest BCUT2D eigenvalue weighted by Crippen LogP contribution is 2.45. The molecule has 27 heavy (non-hydrogen) atoms. The minimum absolute atomic E-state index is 0.000412. The smallest absolute Gasteiger partial charge is 0.261 e. The van der Waals surface area contributed by atoms with Gasteiger partial charge in [0.15, 0.2) is 0 Å². The Hall–Kier alpha value is -2.12. The molecule has 2 amide bonds. The van der Waals surface area contributed by atoms with E-state index < -0.39 is 0 Å². The highest BCUT2D eigenvalue weighted by atomic mass is 32.1. The van der Waals surface area contributed by atoms with Crippen LogP contribution in [0.3, 0.4) is 0 Å². The summed E-state index contributed by atoms with van der Waals surface area (Å²) in [5, 5.41) is 2.96. The molecule has 1 fully saturated rings. The van der Waals surface area contributed by atoms with Gasteiger partial charge in [-0.25, -0.2) is 0 Å². The summed E-state index contributed by atoms with van der Waals surface area (Å²) >= 11 is 1.55. The maximum Gasteiger partial charge on any atom is 0.261 e. The number of ether oxygens (including phenoxy) is 1. The summed E-state index contributed by atoms with van der Waals surface area (Å²) in [6.07, 6.45) is 6.27. The third-order valence-electron chi connectivity index (χ3n) is 5.36. The van der Waals surface area contributed by atoms with E-state index in [2.05, 4.69) is 5.32 Å². The molecule has 0 bridgehead atoms. The van der Waals surface area contributed by atoms with Crippen molar-refractivity contribution in [2.24, 2.45) is 0 Å². The fourth-order valence-electron chi connectivity index (χ4n) is 3.87. The number of furan rings is 1. The normalized spacial score (nSPS) is 18.3. The summed E-state index contributed by atoms with van der Waals surface area (Å²) in [4.78, 5) is 28.7. The van der Waals surface area contributed by atoms with E-state index in [1.807, 2.05) is 17.9 Å². The molecule has 4 rings (SSSR count). The zero-order valence-electron chi connectivity index (χ0n) is 15.5. The van der Waals surface area contributed by atoms with Crippen molar-refractivity contribution in [3.05, 3.63) is 45.5 Å². The quantitative estimate of drug-likeness (QED) is 0.873. The van der Waals surface area contributed by atoms with Gasteiger partial charge >= 0.3 is 0 Å². The largest absolute Gasteiger partial charge is 0.472 e. The lowest BCUT2D eigenvalue weighted by Gasteiger charge is -2.43. The molecule has 1 spiro atoms. The fourth-order valence-corrected chi connectivity index (χ4v) is 5.20. The van der Waals surface area contributed by atoms with E-state index in [1.165, 1.54) is 23.0 Å². The molecule has 0 atom stereocenters. The molecule has 2 aliphatic rings. The van der Waals surface area contributed by atoms with Gasteiger partial charge in [-0.3, -0.25) is 9.59 Å². The lowest BCUT2D eigenvalue weighted by atomic mass is 9.85. The Morgan fingerprint density at radius 2 is 2.15 bits per heavy atom. The summed E-state index contributed by atoms with van der Waals surface area (Å²) in [6.45, 7) is 4.67. The molecule has 1 saturated heterocycles. The van der Waals surface area contributed by atoms with Gasteiger partial charge in [-0.2, -0.15) is 0 Å². The highest BCUT2D eigenvalue weighted by Gasteiger charge is 2.43. The van der Waals surface area contributed by atoms with Crippen LogP contribution in [-0.2, 0) is 16.8 Å². The van der Waals surface area contributed by atoms with Gasteiger partial charge in [0.2, 0.25) is 0 Å². The molecule has 0 aliphatic carbocycles. The number of piperidine rings is 1. The molecule has 1 N–H and O–H groups in total. The second-order valence-corrected chi connectivity index (χ2v) is 8.17. The molecule has 2 aromatic heterocycles. The van der Waals surface area contributed by atoms with Gasteiger partial charge in [0, 0.05) is 24.5 Å². The van der Waals surface area contributed by atoms with Crippen LogP contribution in [0.15, 0.2) is 29.1 Å². The first-order valence-corrected chi connectivity index (χ1v) is 10.3. The van der Waals surface area contributed by atoms with Gasteiger partial charge in [0.05, 0.1) is 23.3 Å². The predicted octanol–water partition coefficient (Wildman–Crippen LogP) is 3.19. The molecule has 7 heteroatoms. The first-order chi connectivity index (χ1) is 13.1. The molecule has 6 nitrogen and oxygen atoms in total. The molecule has 0 saturated carbocycles. The van der Waals surface area contributed by atoms with E-state index in [-0.39, 0.29) is 17.4 Å². The molecule has 144 valence electrons. The van der Waals surface area contributed by atoms with Gasteiger partial charge in [-0.1, -0.05) is 6.92 Å². The first kappa shape index (κ1) is 18.3. The van der Waals surface area contributed by atoms with Crippen molar-refractivity contribution in [2.75, 3.05) is 26.2 Å². The number of likely N-dealkylation sites (tertiary alicyclic amines) is 1. The van der Waals surface area contributed by atoms with Gasteiger partial charge in [0.1, 0.15) is 11.9 Å². The molecule has 2 aliphatic heterocycles. The number of thiophene rings is 1. The lowest BCUT2D eigenvalue weighted by molar-refractivity contribution is -0.0906. The Balaban J connectivity index is 1.50. The van der Waals surface area contributed by atoms with Crippen LogP contribution in [0.25, 0.3) is 0 Å². The van der Waals surface area contributed by atoms with Crippen LogP contribution >= 0.6 is 11.3 Å². The molecule has 0 radical (unpaired) electrons. The number of hydrogen-bond acceptors (Lipinski definition) is 5. The molecule has 2 aromatic rings. The lowest BCUT2D eigenvalue weighted by Crippen LogP contribution is -2.47. The van der Waals surface area contributed by atoms with E-state index in [4.69, 9.17) is 9.15 Å². The van der Waals surface area contributed by atoms with Gasteiger partial charge < -0.3 is 19.4 Å². The van der Waals surface area contributed by atoms with E-state index in [0.29, 0.717) is 31.8 Å². The second-order valence-electron chi connectivity index (χ2n) is 7.12. The maximum absolute atomic E-state index is 12.5. The topological polar surface area (TPSA) is 71.8 Å². The van der Waals surface area contributed by atoms with Gasteiger partial charge in [0.25, 0.3) is 11.8 Å². The molecular formula is C20H24N2O4S. The molecule has 0 aromatic carbocycles. The number of fused-ring (bicyclic) bond motifs is 2. The van der Waals surface area contributed by atoms with E-state index >= 15 is 0 Å². The Morgan fingerprint density at radius 1 is 1.33 bits per heavy atom. The van der Waals surface area contributed by atoms with Crippen LogP contribution in [0.1, 0.15) is 56.7 Å². The Bertz CT molecular complexity index is 819. The Labute approximate surface area is 162 Å². The van der Waals surface area contributed by atoms with Crippen molar-refractivity contribution >= 4 is 23.2 Å². The summed E-state index contributed by atoms with van der Waals surface area (Å²) in [6, 6.07) is 3.72. The van der Waals surface area contributed by atoms with Crippen LogP contribution in [0.2, 0.25) is 0 Å². The molecular weight excluding hydrogens is 364 g/mol. The van der Waals surface area contributed by atoms with Crippen LogP contribution in [0.4, 0.5) is 0 Å². The number of carbonyl (C=O) groups excluding carboxylic acids is 2. The van der Waals surface area contributed by atoms with Crippen molar-refractivity contribution in [2.45, 2.75) is 38.2 Å². The number of nitrogens with one attached hydrogen (secondary N) is 1. The average molecular weight is 388 g/mol. The highest BCUT2D eigenvalue weighted by molar-refractivity contribution is 7.14. The SMILES string of the molecule is CCCNC(=O)c1cc2c(s1)C1(CCN(C(=O)c3ccoc3)CC1)OCC2. The molecule has 0 unspecified atom stereocenters. The third kappa shape index (κ3) is 3.41. The number of amides is 2. The van der Waals surface area contributed by atoms with Crippen molar-refractivity contribution in [1.82, 2.24) is 10.2 Å². The summed E-state index contributed by atoms with van der Waals surface area (Å²) in [7, 11) is 0. The summed E-state index contributed by atoms with van der Waals surface area (Å²) < 4.78 is 11.3. The van der Waals surface area contributed by atoms with Gasteiger partial charge in [-0.05, 0) is 43.4 Å². The zero-order valence-corrected chi connectivity index (χ0v) is 16.3. The molecule has 4 heterocycles. The average Bonchev–Trinajstić information content (AvgIpc) is 3.37. The van der Waals surface area contributed by atoms with Gasteiger partial charge in [-0.15, -0.1) is 11.3 Å². The predicted molar refractivity (Wildman–Crippen MR) is 102 cm³/mol. The zero-order chi connectivity index (χ0) is 18.9. The number of nitrogens with zero attached hydrogens (tertiary/aromatic N) is 1. The maximum atomic E-state index is 12.5. The van der Waals surface area contributed by atoms with E-state index in [9.17, 15) is 9.59 Å². The van der Waals surface area contributed by atoms with Crippen molar-refractivity contribution in [3.8, 4) is 0 Å². The Morgan fingerprint density at radius 3 is 2.85 bits per heavy atom. The van der Waals surface area contributed by atoms with Crippen molar-refractivity contribution < 1.29 is 18.7 Å². The first-order valence-electron chi connectivity index (χ1n) is 9.50. The fraction of sp³-hybridized carbons (Fsp3) is 0.500. The van der Waals surface area contributed by atoms with E-state index in [1.54, 1.807) is 17.4 Å².